The Balaban J connectivity index is 2.31. The van der Waals surface area contributed by atoms with Gasteiger partial charge in [0.25, 0.3) is 0 Å². The van der Waals surface area contributed by atoms with Crippen LogP contribution in [-0.2, 0) is 0 Å². The van der Waals surface area contributed by atoms with Crippen molar-refractivity contribution in [3.8, 4) is 0 Å². The molecule has 1 saturated carbocycles. The second-order valence-corrected chi connectivity index (χ2v) is 7.26. The molecule has 0 saturated heterocycles. The Kier molecular flexibility index (Phi) is 5.03. The van der Waals surface area contributed by atoms with Gasteiger partial charge in [0.05, 0.1) is 0 Å². The molecule has 0 radical (unpaired) electrons. The van der Waals surface area contributed by atoms with Gasteiger partial charge in [0.15, 0.2) is 0 Å². The van der Waals surface area contributed by atoms with E-state index in [-0.39, 0.29) is 5.54 Å². The molecule has 102 valence electrons. The smallest absolute Gasteiger partial charge is 0.0223 e. The highest BCUT2D eigenvalue weighted by Gasteiger charge is 2.31. The number of nitrogens with two attached hydrogens (primary N) is 1. The second-order valence-electron chi connectivity index (χ2n) is 7.26. The van der Waals surface area contributed by atoms with Crippen molar-refractivity contribution in [2.24, 2.45) is 17.1 Å². The van der Waals surface area contributed by atoms with Crippen LogP contribution in [0.4, 0.5) is 0 Å². The largest absolute Gasteiger partial charge is 0.324 e. The topological polar surface area (TPSA) is 38.0 Å². The highest BCUT2D eigenvalue weighted by Crippen LogP contribution is 2.40. The lowest BCUT2D eigenvalue weighted by molar-refractivity contribution is 0.135. The zero-order chi connectivity index (χ0) is 13.1. The van der Waals surface area contributed by atoms with E-state index in [9.17, 15) is 0 Å². The van der Waals surface area contributed by atoms with E-state index < -0.39 is 0 Å². The van der Waals surface area contributed by atoms with Gasteiger partial charge in [-0.1, -0.05) is 27.2 Å². The van der Waals surface area contributed by atoms with Gasteiger partial charge in [0, 0.05) is 18.1 Å². The van der Waals surface area contributed by atoms with Crippen LogP contribution in [0.5, 0.6) is 0 Å². The van der Waals surface area contributed by atoms with E-state index >= 15 is 0 Å². The van der Waals surface area contributed by atoms with Crippen LogP contribution in [0.15, 0.2) is 0 Å². The molecule has 0 amide bonds. The predicted octanol–water partition coefficient (Wildman–Crippen LogP) is 3.31. The van der Waals surface area contributed by atoms with Crippen molar-refractivity contribution in [1.29, 1.82) is 0 Å². The van der Waals surface area contributed by atoms with Crippen LogP contribution < -0.4 is 11.1 Å². The molecule has 0 spiro atoms. The van der Waals surface area contributed by atoms with Crippen molar-refractivity contribution in [2.45, 2.75) is 78.3 Å². The molecule has 1 rings (SSSR count). The van der Waals surface area contributed by atoms with Crippen LogP contribution >= 0.6 is 0 Å². The second kappa shape index (κ2) is 5.71. The summed E-state index contributed by atoms with van der Waals surface area (Å²) in [7, 11) is 0. The van der Waals surface area contributed by atoms with E-state index in [4.69, 9.17) is 5.73 Å². The first-order valence-corrected chi connectivity index (χ1v) is 7.27. The SMILES string of the molecule is CCC(C)(C)C1CCC(NCC(C)(C)N)CC1. The Morgan fingerprint density at radius 2 is 1.59 bits per heavy atom. The van der Waals surface area contributed by atoms with Crippen molar-refractivity contribution < 1.29 is 0 Å². The fourth-order valence-electron chi connectivity index (χ4n) is 2.78. The third-order valence-electron chi connectivity index (χ3n) is 4.59. The molecule has 0 unspecified atom stereocenters. The molecule has 2 nitrogen and oxygen atoms in total. The average Bonchev–Trinajstić information content (AvgIpc) is 2.26. The van der Waals surface area contributed by atoms with Gasteiger partial charge in [-0.25, -0.2) is 0 Å². The van der Waals surface area contributed by atoms with Crippen molar-refractivity contribution in [1.82, 2.24) is 5.32 Å². The highest BCUT2D eigenvalue weighted by atomic mass is 15.0. The van der Waals surface area contributed by atoms with E-state index in [0.29, 0.717) is 11.5 Å². The zero-order valence-electron chi connectivity index (χ0n) is 12.5. The van der Waals surface area contributed by atoms with E-state index in [1.165, 1.54) is 32.1 Å². The quantitative estimate of drug-likeness (QED) is 0.774. The van der Waals surface area contributed by atoms with Gasteiger partial charge >= 0.3 is 0 Å². The summed E-state index contributed by atoms with van der Waals surface area (Å²) in [6.07, 6.45) is 6.70. The summed E-state index contributed by atoms with van der Waals surface area (Å²) in [5.74, 6) is 0.913. The molecule has 0 bridgehead atoms. The summed E-state index contributed by atoms with van der Waals surface area (Å²) >= 11 is 0. The molecule has 17 heavy (non-hydrogen) atoms. The molecule has 0 aromatic carbocycles. The third-order valence-corrected chi connectivity index (χ3v) is 4.59. The van der Waals surface area contributed by atoms with Crippen molar-refractivity contribution in [3.63, 3.8) is 0 Å². The first kappa shape index (κ1) is 15.0. The minimum absolute atomic E-state index is 0.0838. The maximum atomic E-state index is 6.01. The molecule has 0 atom stereocenters. The standard InChI is InChI=1S/C15H32N2/c1-6-14(2,3)12-7-9-13(10-8-12)17-11-15(4,5)16/h12-13,17H,6-11,16H2,1-5H3. The average molecular weight is 240 g/mol. The monoisotopic (exact) mass is 240 g/mol. The Morgan fingerprint density at radius 3 is 2.00 bits per heavy atom. The van der Waals surface area contributed by atoms with Crippen LogP contribution in [0.1, 0.15) is 66.7 Å². The van der Waals surface area contributed by atoms with Gasteiger partial charge in [-0.3, -0.25) is 0 Å². The van der Waals surface area contributed by atoms with Gasteiger partial charge in [0.2, 0.25) is 0 Å². The number of rotatable bonds is 5. The molecule has 1 aliphatic carbocycles. The molecule has 2 heteroatoms. The first-order valence-electron chi connectivity index (χ1n) is 7.27. The van der Waals surface area contributed by atoms with Crippen molar-refractivity contribution in [2.75, 3.05) is 6.54 Å². The summed E-state index contributed by atoms with van der Waals surface area (Å²) in [5.41, 5.74) is 6.45. The maximum absolute atomic E-state index is 6.01. The Hall–Kier alpha value is -0.0800. The van der Waals surface area contributed by atoms with Crippen LogP contribution in [-0.4, -0.2) is 18.1 Å². The van der Waals surface area contributed by atoms with Gasteiger partial charge < -0.3 is 11.1 Å². The molecular formula is C15H32N2. The molecular weight excluding hydrogens is 208 g/mol. The number of hydrogen-bond acceptors (Lipinski definition) is 2. The summed E-state index contributed by atoms with van der Waals surface area (Å²) in [5, 5.41) is 3.63. The molecule has 1 fully saturated rings. The number of hydrogen-bond donors (Lipinski definition) is 2. The van der Waals surface area contributed by atoms with E-state index in [0.717, 1.165) is 12.5 Å². The van der Waals surface area contributed by atoms with Crippen LogP contribution in [0.3, 0.4) is 0 Å². The minimum Gasteiger partial charge on any atom is -0.324 e. The van der Waals surface area contributed by atoms with Gasteiger partial charge in [-0.2, -0.15) is 0 Å². The summed E-state index contributed by atoms with van der Waals surface area (Å²) in [4.78, 5) is 0. The van der Waals surface area contributed by atoms with E-state index in [1.807, 2.05) is 0 Å². The lowest BCUT2D eigenvalue weighted by atomic mass is 9.69. The zero-order valence-corrected chi connectivity index (χ0v) is 12.5. The van der Waals surface area contributed by atoms with Gasteiger partial charge in [0.1, 0.15) is 0 Å². The molecule has 0 aromatic heterocycles. The third kappa shape index (κ3) is 4.97. The molecule has 3 N–H and O–H groups in total. The molecule has 0 heterocycles. The van der Waals surface area contributed by atoms with E-state index in [2.05, 4.69) is 39.9 Å². The summed E-state index contributed by atoms with van der Waals surface area (Å²) in [6.45, 7) is 12.3. The molecule has 0 aliphatic heterocycles. The lowest BCUT2D eigenvalue weighted by Gasteiger charge is -2.39. The minimum atomic E-state index is -0.0838. The Bertz CT molecular complexity index is 220. The summed E-state index contributed by atoms with van der Waals surface area (Å²) < 4.78 is 0. The summed E-state index contributed by atoms with van der Waals surface area (Å²) in [6, 6.07) is 0.696. The first-order chi connectivity index (χ1) is 7.74. The van der Waals surface area contributed by atoms with Crippen molar-refractivity contribution >= 4 is 0 Å². The molecule has 0 aromatic rings. The molecule has 1 aliphatic rings. The Morgan fingerprint density at radius 1 is 1.06 bits per heavy atom. The van der Waals surface area contributed by atoms with Crippen molar-refractivity contribution in [3.05, 3.63) is 0 Å². The van der Waals surface area contributed by atoms with Crippen LogP contribution in [0, 0.1) is 11.3 Å². The van der Waals surface area contributed by atoms with Crippen LogP contribution in [0.25, 0.3) is 0 Å². The highest BCUT2D eigenvalue weighted by molar-refractivity contribution is 4.86. The maximum Gasteiger partial charge on any atom is 0.0223 e. The van der Waals surface area contributed by atoms with Gasteiger partial charge in [-0.05, 0) is 50.9 Å². The van der Waals surface area contributed by atoms with Crippen LogP contribution in [0.2, 0.25) is 0 Å². The number of nitrogens with one attached hydrogen (secondary N) is 1. The van der Waals surface area contributed by atoms with Gasteiger partial charge in [-0.15, -0.1) is 0 Å². The van der Waals surface area contributed by atoms with E-state index in [1.54, 1.807) is 0 Å². The predicted molar refractivity (Wildman–Crippen MR) is 76.1 cm³/mol. The Labute approximate surface area is 108 Å². The normalized spacial score (nSPS) is 27.2. The fraction of sp³-hybridized carbons (Fsp3) is 1.00. The lowest BCUT2D eigenvalue weighted by Crippen LogP contribution is -2.47. The fourth-order valence-corrected chi connectivity index (χ4v) is 2.78.